The van der Waals surface area contributed by atoms with E-state index < -0.39 is 23.3 Å². The summed E-state index contributed by atoms with van der Waals surface area (Å²) in [6.45, 7) is 0.410. The maximum absolute atomic E-state index is 14.4. The van der Waals surface area contributed by atoms with Gasteiger partial charge in [-0.15, -0.1) is 0 Å². The van der Waals surface area contributed by atoms with Gasteiger partial charge in [0.25, 0.3) is 0 Å². The van der Waals surface area contributed by atoms with Gasteiger partial charge in [-0.2, -0.15) is 0 Å². The number of benzene rings is 4. The monoisotopic (exact) mass is 462 g/mol. The first-order valence-corrected chi connectivity index (χ1v) is 10.9. The molecule has 0 fully saturated rings. The van der Waals surface area contributed by atoms with E-state index in [2.05, 4.69) is 11.8 Å². The van der Waals surface area contributed by atoms with Gasteiger partial charge in [0.1, 0.15) is 11.6 Å². The molecule has 4 aromatic carbocycles. The number of halogens is 4. The molecule has 34 heavy (non-hydrogen) atoms. The summed E-state index contributed by atoms with van der Waals surface area (Å²) in [5, 5.41) is 0.791. The van der Waals surface area contributed by atoms with Crippen LogP contribution in [0.25, 0.3) is 10.8 Å². The molecule has 0 aliphatic rings. The molecular formula is C29H22F4O. The van der Waals surface area contributed by atoms with Crippen LogP contribution in [0.1, 0.15) is 27.8 Å². The van der Waals surface area contributed by atoms with E-state index in [-0.39, 0.29) is 17.4 Å². The molecular weight excluding hydrogens is 440 g/mol. The van der Waals surface area contributed by atoms with E-state index in [9.17, 15) is 17.6 Å². The number of aryl methyl sites for hydroxylation is 1. The summed E-state index contributed by atoms with van der Waals surface area (Å²) in [6.07, 6.45) is 1.20. The van der Waals surface area contributed by atoms with Crippen molar-refractivity contribution >= 4 is 10.8 Å². The van der Waals surface area contributed by atoms with E-state index in [0.717, 1.165) is 17.2 Å². The molecule has 0 unspecified atom stereocenters. The highest BCUT2D eigenvalue weighted by Gasteiger charge is 2.11. The zero-order valence-corrected chi connectivity index (χ0v) is 18.6. The first-order valence-electron chi connectivity index (χ1n) is 10.9. The normalized spacial score (nSPS) is 10.9. The Morgan fingerprint density at radius 3 is 2.03 bits per heavy atom. The minimum atomic E-state index is -0.879. The van der Waals surface area contributed by atoms with Gasteiger partial charge in [-0.05, 0) is 78.2 Å². The van der Waals surface area contributed by atoms with E-state index in [1.165, 1.54) is 24.3 Å². The smallest absolute Gasteiger partial charge is 0.166 e. The molecule has 4 rings (SSSR count). The Morgan fingerprint density at radius 2 is 1.32 bits per heavy atom. The molecule has 0 aliphatic carbocycles. The van der Waals surface area contributed by atoms with Crippen LogP contribution in [0.4, 0.5) is 17.6 Å². The van der Waals surface area contributed by atoms with Crippen LogP contribution in [0, 0.1) is 35.1 Å². The van der Waals surface area contributed by atoms with E-state index in [4.69, 9.17) is 4.74 Å². The standard InChI is InChI=1S/C29H22F4O/c1-34-15-14-22-17-27(31)25(28(32)18-22)12-8-20-4-2-19(3-5-20)6-7-21-9-11-24-23(16-21)10-13-26(30)29(24)33/h2-5,9-11,13,16-18H,8,12,14-15H2,1H3. The predicted molar refractivity (Wildman–Crippen MR) is 126 cm³/mol. The molecule has 5 heteroatoms. The van der Waals surface area contributed by atoms with Crippen molar-refractivity contribution in [2.75, 3.05) is 13.7 Å². The van der Waals surface area contributed by atoms with Crippen LogP contribution < -0.4 is 0 Å². The third-order valence-electron chi connectivity index (χ3n) is 5.67. The molecule has 0 spiro atoms. The third kappa shape index (κ3) is 5.47. The fourth-order valence-electron chi connectivity index (χ4n) is 3.77. The largest absolute Gasteiger partial charge is 0.384 e. The minimum absolute atomic E-state index is 0.0812. The molecule has 1 nitrogen and oxygen atoms in total. The molecule has 0 amide bonds. The van der Waals surface area contributed by atoms with Crippen LogP contribution >= 0.6 is 0 Å². The summed E-state index contributed by atoms with van der Waals surface area (Å²) in [7, 11) is 1.55. The number of rotatable bonds is 6. The van der Waals surface area contributed by atoms with Gasteiger partial charge >= 0.3 is 0 Å². The molecule has 0 aliphatic heterocycles. The molecule has 0 radical (unpaired) electrons. The average molecular weight is 462 g/mol. The summed E-state index contributed by atoms with van der Waals surface area (Å²) >= 11 is 0. The zero-order valence-electron chi connectivity index (χ0n) is 18.6. The van der Waals surface area contributed by atoms with Gasteiger partial charge in [0.15, 0.2) is 11.6 Å². The predicted octanol–water partition coefficient (Wildman–Crippen LogP) is 6.77. The Morgan fingerprint density at radius 1 is 0.647 bits per heavy atom. The third-order valence-corrected chi connectivity index (χ3v) is 5.67. The first-order chi connectivity index (χ1) is 16.4. The molecule has 0 aromatic heterocycles. The second-order valence-electron chi connectivity index (χ2n) is 8.03. The summed E-state index contributed by atoms with van der Waals surface area (Å²) in [5.41, 5.74) is 3.05. The van der Waals surface area contributed by atoms with Crippen molar-refractivity contribution in [3.63, 3.8) is 0 Å². The molecule has 0 bridgehead atoms. The molecule has 172 valence electrons. The van der Waals surface area contributed by atoms with E-state index >= 15 is 0 Å². The number of methoxy groups -OCH3 is 1. The van der Waals surface area contributed by atoms with Crippen molar-refractivity contribution in [3.8, 4) is 11.8 Å². The van der Waals surface area contributed by atoms with Crippen LogP contribution in [0.15, 0.2) is 66.7 Å². The van der Waals surface area contributed by atoms with Crippen molar-refractivity contribution < 1.29 is 22.3 Å². The van der Waals surface area contributed by atoms with Crippen LogP contribution in [0.5, 0.6) is 0 Å². The number of fused-ring (bicyclic) bond motifs is 1. The highest BCUT2D eigenvalue weighted by molar-refractivity contribution is 5.84. The fraction of sp³-hybridized carbons (Fsp3) is 0.172. The highest BCUT2D eigenvalue weighted by atomic mass is 19.2. The lowest BCUT2D eigenvalue weighted by molar-refractivity contribution is 0.202. The van der Waals surface area contributed by atoms with Gasteiger partial charge in [-0.1, -0.05) is 36.1 Å². The summed E-state index contributed by atoms with van der Waals surface area (Å²) in [5.74, 6) is 3.25. The van der Waals surface area contributed by atoms with Crippen LogP contribution in [-0.2, 0) is 24.0 Å². The van der Waals surface area contributed by atoms with Crippen LogP contribution in [-0.4, -0.2) is 13.7 Å². The van der Waals surface area contributed by atoms with Crippen molar-refractivity contribution in [1.29, 1.82) is 0 Å². The molecule has 0 heterocycles. The maximum Gasteiger partial charge on any atom is 0.166 e. The second-order valence-corrected chi connectivity index (χ2v) is 8.03. The van der Waals surface area contributed by atoms with Gasteiger partial charge in [0.2, 0.25) is 0 Å². The SMILES string of the molecule is COCCc1cc(F)c(CCc2ccc(C#Cc3ccc4c(F)c(F)ccc4c3)cc2)c(F)c1. The lowest BCUT2D eigenvalue weighted by Crippen LogP contribution is -2.03. The Balaban J connectivity index is 1.42. The minimum Gasteiger partial charge on any atom is -0.384 e. The van der Waals surface area contributed by atoms with Gasteiger partial charge in [0.05, 0.1) is 6.61 Å². The fourth-order valence-corrected chi connectivity index (χ4v) is 3.77. The van der Waals surface area contributed by atoms with Crippen molar-refractivity contribution in [3.05, 3.63) is 118 Å². The van der Waals surface area contributed by atoms with Crippen molar-refractivity contribution in [2.45, 2.75) is 19.3 Å². The topological polar surface area (TPSA) is 9.23 Å². The summed E-state index contributed by atoms with van der Waals surface area (Å²) in [6, 6.07) is 17.7. The first kappa shape index (κ1) is 23.5. The van der Waals surface area contributed by atoms with Gasteiger partial charge in [-0.3, -0.25) is 0 Å². The Kier molecular flexibility index (Phi) is 7.30. The highest BCUT2D eigenvalue weighted by Crippen LogP contribution is 2.22. The van der Waals surface area contributed by atoms with E-state index in [0.29, 0.717) is 36.0 Å². The Hall–Kier alpha value is -3.62. The number of hydrogen-bond donors (Lipinski definition) is 0. The lowest BCUT2D eigenvalue weighted by Gasteiger charge is -2.08. The summed E-state index contributed by atoms with van der Waals surface area (Å²) < 4.78 is 60.9. The maximum atomic E-state index is 14.4. The van der Waals surface area contributed by atoms with Crippen molar-refractivity contribution in [1.82, 2.24) is 0 Å². The lowest BCUT2D eigenvalue weighted by atomic mass is 10.0. The van der Waals surface area contributed by atoms with E-state index in [1.54, 1.807) is 19.2 Å². The average Bonchev–Trinajstić information content (AvgIpc) is 2.84. The molecule has 4 aromatic rings. The quantitative estimate of drug-likeness (QED) is 0.227. The molecule has 0 saturated heterocycles. The van der Waals surface area contributed by atoms with Gasteiger partial charge in [-0.25, -0.2) is 17.6 Å². The van der Waals surface area contributed by atoms with Crippen LogP contribution in [0.2, 0.25) is 0 Å². The number of ether oxygens (including phenoxy) is 1. The van der Waals surface area contributed by atoms with Crippen molar-refractivity contribution in [2.24, 2.45) is 0 Å². The second kappa shape index (κ2) is 10.5. The zero-order chi connectivity index (χ0) is 24.1. The van der Waals surface area contributed by atoms with Gasteiger partial charge < -0.3 is 4.74 Å². The Labute approximate surface area is 196 Å². The molecule has 0 N–H and O–H groups in total. The molecule has 0 saturated carbocycles. The molecule has 0 atom stereocenters. The Bertz CT molecular complexity index is 1360. The van der Waals surface area contributed by atoms with Gasteiger partial charge in [0, 0.05) is 29.2 Å². The van der Waals surface area contributed by atoms with Crippen LogP contribution in [0.3, 0.4) is 0 Å². The number of hydrogen-bond acceptors (Lipinski definition) is 1. The van der Waals surface area contributed by atoms with E-state index in [1.807, 2.05) is 24.3 Å². The summed E-state index contributed by atoms with van der Waals surface area (Å²) in [4.78, 5) is 0.